The molecule has 0 radical (unpaired) electrons. The van der Waals surface area contributed by atoms with E-state index < -0.39 is 33.9 Å². The second kappa shape index (κ2) is 6.64. The molecular weight excluding hydrogens is 371 g/mol. The fraction of sp³-hybridized carbons (Fsp3) is 0.235. The van der Waals surface area contributed by atoms with Crippen molar-refractivity contribution in [3.8, 4) is 5.75 Å². The van der Waals surface area contributed by atoms with E-state index in [1.165, 1.54) is 18.2 Å². The van der Waals surface area contributed by atoms with Gasteiger partial charge in [-0.05, 0) is 42.3 Å². The van der Waals surface area contributed by atoms with Crippen molar-refractivity contribution in [2.24, 2.45) is 0 Å². The van der Waals surface area contributed by atoms with Crippen LogP contribution in [0.1, 0.15) is 28.4 Å². The first-order valence-corrected chi connectivity index (χ1v) is 9.29. The average molecular weight is 385 g/mol. The third kappa shape index (κ3) is 3.98. The Morgan fingerprint density at radius 2 is 1.73 bits per heavy atom. The first kappa shape index (κ1) is 18.2. The van der Waals surface area contributed by atoms with Gasteiger partial charge in [-0.1, -0.05) is 18.2 Å². The SMILES string of the molecule is O=C(NC1CCS(=O)(=O)c2ccccc21)c1ccc(OC(F)(F)F)cc1. The first-order valence-electron chi connectivity index (χ1n) is 7.64. The van der Waals surface area contributed by atoms with E-state index in [1.54, 1.807) is 18.2 Å². The Morgan fingerprint density at radius 1 is 1.08 bits per heavy atom. The van der Waals surface area contributed by atoms with Crippen LogP contribution < -0.4 is 10.1 Å². The Hall–Kier alpha value is -2.55. The standard InChI is InChI=1S/C17H14F3NO4S/c18-17(19,20)25-12-7-5-11(6-8-12)16(22)21-14-9-10-26(23,24)15-4-2-1-3-13(14)15/h1-8,14H,9-10H2,(H,21,22). The van der Waals surface area contributed by atoms with E-state index in [2.05, 4.69) is 10.1 Å². The van der Waals surface area contributed by atoms with Crippen molar-refractivity contribution >= 4 is 15.7 Å². The van der Waals surface area contributed by atoms with Crippen LogP contribution in [0.2, 0.25) is 0 Å². The minimum atomic E-state index is -4.80. The number of carbonyl (C=O) groups excluding carboxylic acids is 1. The van der Waals surface area contributed by atoms with Crippen molar-refractivity contribution in [3.63, 3.8) is 0 Å². The molecule has 2 aromatic carbocycles. The molecule has 0 fully saturated rings. The number of hydrogen-bond donors (Lipinski definition) is 1. The zero-order chi connectivity index (χ0) is 18.9. The van der Waals surface area contributed by atoms with E-state index in [-0.39, 0.29) is 22.6 Å². The Bertz CT molecular complexity index is 924. The molecule has 1 aliphatic rings. The molecule has 2 aromatic rings. The largest absolute Gasteiger partial charge is 0.573 e. The summed E-state index contributed by atoms with van der Waals surface area (Å²) in [4.78, 5) is 12.5. The Morgan fingerprint density at radius 3 is 2.38 bits per heavy atom. The molecule has 0 aliphatic carbocycles. The lowest BCUT2D eigenvalue weighted by Gasteiger charge is -2.26. The number of halogens is 3. The van der Waals surface area contributed by atoms with Gasteiger partial charge in [0.25, 0.3) is 5.91 Å². The minimum Gasteiger partial charge on any atom is -0.406 e. The molecule has 5 nitrogen and oxygen atoms in total. The lowest BCUT2D eigenvalue weighted by molar-refractivity contribution is -0.274. The van der Waals surface area contributed by atoms with Crippen LogP contribution >= 0.6 is 0 Å². The summed E-state index contributed by atoms with van der Waals surface area (Å²) in [5.41, 5.74) is 0.648. The quantitative estimate of drug-likeness (QED) is 0.881. The van der Waals surface area contributed by atoms with Crippen molar-refractivity contribution in [2.75, 3.05) is 5.75 Å². The summed E-state index contributed by atoms with van der Waals surface area (Å²) in [6.07, 6.45) is -4.58. The predicted molar refractivity (Wildman–Crippen MR) is 86.4 cm³/mol. The van der Waals surface area contributed by atoms with Crippen LogP contribution in [0.4, 0.5) is 13.2 Å². The number of ether oxygens (including phenoxy) is 1. The van der Waals surface area contributed by atoms with Gasteiger partial charge < -0.3 is 10.1 Å². The monoisotopic (exact) mass is 385 g/mol. The van der Waals surface area contributed by atoms with Gasteiger partial charge >= 0.3 is 6.36 Å². The maximum Gasteiger partial charge on any atom is 0.573 e. The molecular formula is C17H14F3NO4S. The van der Waals surface area contributed by atoms with Crippen LogP contribution in [-0.4, -0.2) is 26.4 Å². The molecule has 138 valence electrons. The third-order valence-corrected chi connectivity index (χ3v) is 5.78. The fourth-order valence-electron chi connectivity index (χ4n) is 2.79. The van der Waals surface area contributed by atoms with E-state index in [0.717, 1.165) is 12.1 Å². The fourth-order valence-corrected chi connectivity index (χ4v) is 4.41. The molecule has 1 N–H and O–H groups in total. The normalized spacial score (nSPS) is 18.7. The summed E-state index contributed by atoms with van der Waals surface area (Å²) in [6, 6.07) is 10.4. The van der Waals surface area contributed by atoms with Crippen LogP contribution in [0, 0.1) is 0 Å². The van der Waals surface area contributed by atoms with E-state index in [0.29, 0.717) is 5.56 Å². The van der Waals surface area contributed by atoms with E-state index in [9.17, 15) is 26.4 Å². The van der Waals surface area contributed by atoms with Crippen molar-refractivity contribution in [1.82, 2.24) is 5.32 Å². The summed E-state index contributed by atoms with van der Waals surface area (Å²) >= 11 is 0. The molecule has 0 saturated carbocycles. The van der Waals surface area contributed by atoms with Crippen LogP contribution in [0.5, 0.6) is 5.75 Å². The summed E-state index contributed by atoms with van der Waals surface area (Å²) in [7, 11) is -3.37. The van der Waals surface area contributed by atoms with Crippen LogP contribution in [-0.2, 0) is 9.84 Å². The number of amides is 1. The second-order valence-corrected chi connectivity index (χ2v) is 7.82. The highest BCUT2D eigenvalue weighted by Crippen LogP contribution is 2.32. The van der Waals surface area contributed by atoms with Gasteiger partial charge in [-0.15, -0.1) is 13.2 Å². The van der Waals surface area contributed by atoms with Crippen molar-refractivity contribution < 1.29 is 31.1 Å². The molecule has 0 saturated heterocycles. The van der Waals surface area contributed by atoms with Crippen LogP contribution in [0.3, 0.4) is 0 Å². The molecule has 1 amide bonds. The summed E-state index contributed by atoms with van der Waals surface area (Å²) in [5.74, 6) is -1.03. The molecule has 9 heteroatoms. The number of alkyl halides is 3. The third-order valence-electron chi connectivity index (χ3n) is 3.96. The summed E-state index contributed by atoms with van der Waals surface area (Å²) in [6.45, 7) is 0. The number of benzene rings is 2. The number of carbonyl (C=O) groups is 1. The molecule has 0 spiro atoms. The van der Waals surface area contributed by atoms with Gasteiger partial charge in [-0.2, -0.15) is 0 Å². The van der Waals surface area contributed by atoms with Gasteiger partial charge in [-0.25, -0.2) is 8.42 Å². The molecule has 0 aromatic heterocycles. The molecule has 3 rings (SSSR count). The molecule has 0 bridgehead atoms. The molecule has 1 atom stereocenters. The topological polar surface area (TPSA) is 72.5 Å². The van der Waals surface area contributed by atoms with Crippen molar-refractivity contribution in [2.45, 2.75) is 23.7 Å². The highest BCUT2D eigenvalue weighted by molar-refractivity contribution is 7.91. The zero-order valence-corrected chi connectivity index (χ0v) is 14.1. The maximum absolute atomic E-state index is 12.4. The smallest absolute Gasteiger partial charge is 0.406 e. The Balaban J connectivity index is 1.76. The first-order chi connectivity index (χ1) is 12.2. The van der Waals surface area contributed by atoms with Gasteiger partial charge in [0.05, 0.1) is 16.7 Å². The van der Waals surface area contributed by atoms with Gasteiger partial charge in [0.2, 0.25) is 0 Å². The van der Waals surface area contributed by atoms with Gasteiger partial charge in [0, 0.05) is 5.56 Å². The molecule has 1 aliphatic heterocycles. The summed E-state index contributed by atoms with van der Waals surface area (Å²) in [5, 5.41) is 2.73. The Kier molecular flexibility index (Phi) is 4.66. The van der Waals surface area contributed by atoms with Crippen LogP contribution in [0.15, 0.2) is 53.4 Å². The lowest BCUT2D eigenvalue weighted by atomic mass is 10.0. The summed E-state index contributed by atoms with van der Waals surface area (Å²) < 4.78 is 64.5. The number of sulfone groups is 1. The number of fused-ring (bicyclic) bond motifs is 1. The highest BCUT2D eigenvalue weighted by atomic mass is 32.2. The van der Waals surface area contributed by atoms with Gasteiger partial charge in [0.1, 0.15) is 5.75 Å². The van der Waals surface area contributed by atoms with E-state index >= 15 is 0 Å². The zero-order valence-electron chi connectivity index (χ0n) is 13.3. The highest BCUT2D eigenvalue weighted by Gasteiger charge is 2.32. The Labute approximate surface area is 147 Å². The molecule has 26 heavy (non-hydrogen) atoms. The predicted octanol–water partition coefficient (Wildman–Crippen LogP) is 3.23. The van der Waals surface area contributed by atoms with Gasteiger partial charge in [0.15, 0.2) is 9.84 Å². The van der Waals surface area contributed by atoms with Crippen molar-refractivity contribution in [3.05, 3.63) is 59.7 Å². The van der Waals surface area contributed by atoms with Gasteiger partial charge in [-0.3, -0.25) is 4.79 Å². The van der Waals surface area contributed by atoms with E-state index in [1.807, 2.05) is 0 Å². The second-order valence-electron chi connectivity index (χ2n) is 5.74. The number of nitrogens with one attached hydrogen (secondary N) is 1. The average Bonchev–Trinajstić information content (AvgIpc) is 2.57. The van der Waals surface area contributed by atoms with E-state index in [4.69, 9.17) is 0 Å². The van der Waals surface area contributed by atoms with Crippen molar-refractivity contribution in [1.29, 1.82) is 0 Å². The lowest BCUT2D eigenvalue weighted by Crippen LogP contribution is -2.33. The number of rotatable bonds is 3. The maximum atomic E-state index is 12.4. The number of hydrogen-bond acceptors (Lipinski definition) is 4. The minimum absolute atomic E-state index is 0.0900. The van der Waals surface area contributed by atoms with Crippen LogP contribution in [0.25, 0.3) is 0 Å². The molecule has 1 unspecified atom stereocenters. The molecule has 1 heterocycles.